The molecule has 0 aliphatic carbocycles. The number of nitrogens with zero attached hydrogens (tertiary/aromatic N) is 1. The lowest BCUT2D eigenvalue weighted by atomic mass is 10.1. The zero-order chi connectivity index (χ0) is 15.3. The maximum Gasteiger partial charge on any atom is 0.276 e. The van der Waals surface area contributed by atoms with Crippen molar-refractivity contribution in [2.45, 2.75) is 44.4 Å². The van der Waals surface area contributed by atoms with E-state index in [0.717, 1.165) is 19.4 Å². The Balaban J connectivity index is 2.00. The molecule has 1 saturated heterocycles. The van der Waals surface area contributed by atoms with Crippen LogP contribution in [0.2, 0.25) is 0 Å². The second kappa shape index (κ2) is 7.40. The Morgan fingerprint density at radius 1 is 1.33 bits per heavy atom. The van der Waals surface area contributed by atoms with Gasteiger partial charge in [-0.3, -0.25) is 0 Å². The first kappa shape index (κ1) is 16.5. The van der Waals surface area contributed by atoms with Crippen LogP contribution in [0, 0.1) is 0 Å². The van der Waals surface area contributed by atoms with Crippen LogP contribution in [0.3, 0.4) is 0 Å². The van der Waals surface area contributed by atoms with Crippen molar-refractivity contribution in [3.05, 3.63) is 17.9 Å². The van der Waals surface area contributed by atoms with Crippen molar-refractivity contribution in [1.29, 1.82) is 0 Å². The molecular formula is C14H24N2O4S. The van der Waals surface area contributed by atoms with Crippen LogP contribution in [0.25, 0.3) is 0 Å². The molecule has 0 bridgehead atoms. The highest BCUT2D eigenvalue weighted by molar-refractivity contribution is 7.89. The van der Waals surface area contributed by atoms with Crippen LogP contribution in [0.4, 0.5) is 0 Å². The lowest BCUT2D eigenvalue weighted by Gasteiger charge is -2.30. The Hall–Kier alpha value is -0.890. The first-order valence-corrected chi connectivity index (χ1v) is 8.93. The first-order valence-electron chi connectivity index (χ1n) is 7.49. The summed E-state index contributed by atoms with van der Waals surface area (Å²) < 4.78 is 37.5. The number of hydrogen-bond donors (Lipinski definition) is 1. The van der Waals surface area contributed by atoms with E-state index in [1.54, 1.807) is 6.07 Å². The van der Waals surface area contributed by atoms with Crippen molar-refractivity contribution in [1.82, 2.24) is 9.62 Å². The van der Waals surface area contributed by atoms with Crippen LogP contribution >= 0.6 is 0 Å². The van der Waals surface area contributed by atoms with Crippen LogP contribution in [-0.4, -0.2) is 45.1 Å². The molecule has 0 radical (unpaired) electrons. The van der Waals surface area contributed by atoms with Crippen molar-refractivity contribution >= 4 is 10.0 Å². The van der Waals surface area contributed by atoms with Gasteiger partial charge in [0.25, 0.3) is 10.0 Å². The summed E-state index contributed by atoms with van der Waals surface area (Å²) >= 11 is 0. The third-order valence-electron chi connectivity index (χ3n) is 3.58. The summed E-state index contributed by atoms with van der Waals surface area (Å²) in [6.07, 6.45) is 1.64. The summed E-state index contributed by atoms with van der Waals surface area (Å²) in [5.74, 6) is 0.639. The van der Waals surface area contributed by atoms with Gasteiger partial charge in [0.1, 0.15) is 5.76 Å². The molecule has 0 aromatic carbocycles. The van der Waals surface area contributed by atoms with Gasteiger partial charge in [-0.2, -0.15) is 4.31 Å². The Morgan fingerprint density at radius 2 is 2.05 bits per heavy atom. The summed E-state index contributed by atoms with van der Waals surface area (Å²) in [7, 11) is -3.52. The molecule has 0 unspecified atom stereocenters. The van der Waals surface area contributed by atoms with Crippen molar-refractivity contribution in [2.24, 2.45) is 0 Å². The van der Waals surface area contributed by atoms with Gasteiger partial charge >= 0.3 is 0 Å². The number of furan rings is 1. The van der Waals surface area contributed by atoms with Crippen LogP contribution in [0.15, 0.2) is 21.6 Å². The highest BCUT2D eigenvalue weighted by Crippen LogP contribution is 2.23. The molecule has 6 nitrogen and oxygen atoms in total. The zero-order valence-electron chi connectivity index (χ0n) is 12.7. The predicted octanol–water partition coefficient (Wildman–Crippen LogP) is 1.58. The highest BCUT2D eigenvalue weighted by atomic mass is 32.2. The Kier molecular flexibility index (Phi) is 5.80. The average molecular weight is 316 g/mol. The third kappa shape index (κ3) is 4.06. The second-order valence-electron chi connectivity index (χ2n) is 5.06. The molecule has 1 aliphatic rings. The summed E-state index contributed by atoms with van der Waals surface area (Å²) in [4.78, 5) is 0. The summed E-state index contributed by atoms with van der Waals surface area (Å²) in [5.41, 5.74) is 0. The topological polar surface area (TPSA) is 71.8 Å². The molecule has 1 aromatic rings. The standard InChI is InChI=1S/C14H24N2O4S/c1-3-15-11-13-5-6-14(20-13)21(17,18)16-9-7-12(8-10-16)19-4-2/h5-6,12,15H,3-4,7-11H2,1-2H3. The fourth-order valence-electron chi connectivity index (χ4n) is 2.44. The van der Waals surface area contributed by atoms with Gasteiger partial charge in [-0.1, -0.05) is 6.92 Å². The number of sulfonamides is 1. The van der Waals surface area contributed by atoms with E-state index in [4.69, 9.17) is 9.15 Å². The van der Waals surface area contributed by atoms with Crippen molar-refractivity contribution in [3.63, 3.8) is 0 Å². The number of ether oxygens (including phenoxy) is 1. The molecule has 0 spiro atoms. The van der Waals surface area contributed by atoms with Gasteiger partial charge in [0.05, 0.1) is 12.6 Å². The van der Waals surface area contributed by atoms with E-state index in [2.05, 4.69) is 5.32 Å². The second-order valence-corrected chi connectivity index (χ2v) is 6.93. The molecule has 0 amide bonds. The van der Waals surface area contributed by atoms with E-state index >= 15 is 0 Å². The SMILES string of the molecule is CCNCc1ccc(S(=O)(=O)N2CCC(OCC)CC2)o1. The van der Waals surface area contributed by atoms with E-state index in [9.17, 15) is 8.42 Å². The average Bonchev–Trinajstić information content (AvgIpc) is 2.96. The minimum absolute atomic E-state index is 0.0327. The number of rotatable bonds is 7. The molecular weight excluding hydrogens is 292 g/mol. The molecule has 1 N–H and O–H groups in total. The number of hydrogen-bond acceptors (Lipinski definition) is 5. The first-order chi connectivity index (χ1) is 10.1. The van der Waals surface area contributed by atoms with Gasteiger partial charge in [0, 0.05) is 19.7 Å². The maximum atomic E-state index is 12.5. The van der Waals surface area contributed by atoms with Crippen LogP contribution in [-0.2, 0) is 21.3 Å². The Bertz CT molecular complexity index is 533. The molecule has 1 aliphatic heterocycles. The summed E-state index contributed by atoms with van der Waals surface area (Å²) in [6, 6.07) is 3.25. The smallest absolute Gasteiger partial charge is 0.276 e. The Morgan fingerprint density at radius 3 is 2.67 bits per heavy atom. The predicted molar refractivity (Wildman–Crippen MR) is 79.5 cm³/mol. The number of nitrogens with one attached hydrogen (secondary N) is 1. The van der Waals surface area contributed by atoms with Crippen LogP contribution in [0.5, 0.6) is 0 Å². The van der Waals surface area contributed by atoms with E-state index in [-0.39, 0.29) is 11.2 Å². The van der Waals surface area contributed by atoms with Gasteiger partial charge in [-0.15, -0.1) is 0 Å². The fraction of sp³-hybridized carbons (Fsp3) is 0.714. The molecule has 1 fully saturated rings. The molecule has 1 aromatic heterocycles. The van der Waals surface area contributed by atoms with Gasteiger partial charge in [-0.25, -0.2) is 8.42 Å². The van der Waals surface area contributed by atoms with Gasteiger partial charge in [0.2, 0.25) is 5.09 Å². The largest absolute Gasteiger partial charge is 0.447 e. The summed E-state index contributed by atoms with van der Waals surface area (Å²) in [5, 5.41) is 3.14. The fourth-order valence-corrected chi connectivity index (χ4v) is 3.84. The molecule has 0 saturated carbocycles. The molecule has 120 valence electrons. The molecule has 2 rings (SSSR count). The van der Waals surface area contributed by atoms with Crippen molar-refractivity contribution < 1.29 is 17.6 Å². The van der Waals surface area contributed by atoms with Crippen molar-refractivity contribution in [3.8, 4) is 0 Å². The molecule has 21 heavy (non-hydrogen) atoms. The minimum Gasteiger partial charge on any atom is -0.447 e. The van der Waals surface area contributed by atoms with E-state index in [1.165, 1.54) is 10.4 Å². The van der Waals surface area contributed by atoms with E-state index in [1.807, 2.05) is 13.8 Å². The normalized spacial score (nSPS) is 18.2. The van der Waals surface area contributed by atoms with E-state index < -0.39 is 10.0 Å². The van der Waals surface area contributed by atoms with Crippen LogP contribution in [0.1, 0.15) is 32.4 Å². The maximum absolute atomic E-state index is 12.5. The lowest BCUT2D eigenvalue weighted by Crippen LogP contribution is -2.40. The Labute approximate surface area is 126 Å². The minimum atomic E-state index is -3.52. The van der Waals surface area contributed by atoms with Gasteiger partial charge in [0.15, 0.2) is 0 Å². The van der Waals surface area contributed by atoms with Gasteiger partial charge in [-0.05, 0) is 38.4 Å². The van der Waals surface area contributed by atoms with Crippen LogP contribution < -0.4 is 5.32 Å². The molecule has 2 heterocycles. The monoisotopic (exact) mass is 316 g/mol. The molecule has 0 atom stereocenters. The summed E-state index contributed by atoms with van der Waals surface area (Å²) in [6.45, 7) is 6.93. The molecule has 7 heteroatoms. The lowest BCUT2D eigenvalue weighted by molar-refractivity contribution is 0.0288. The highest BCUT2D eigenvalue weighted by Gasteiger charge is 2.31. The zero-order valence-corrected chi connectivity index (χ0v) is 13.5. The van der Waals surface area contributed by atoms with E-state index in [0.29, 0.717) is 32.0 Å². The third-order valence-corrected chi connectivity index (χ3v) is 5.36. The van der Waals surface area contributed by atoms with Crippen molar-refractivity contribution in [2.75, 3.05) is 26.2 Å². The number of piperidine rings is 1. The van der Waals surface area contributed by atoms with Gasteiger partial charge < -0.3 is 14.5 Å². The quantitative estimate of drug-likeness (QED) is 0.827.